The van der Waals surface area contributed by atoms with Gasteiger partial charge in [-0.3, -0.25) is 4.79 Å². The average molecular weight is 437 g/mol. The second-order valence-corrected chi connectivity index (χ2v) is 8.18. The van der Waals surface area contributed by atoms with E-state index in [-0.39, 0.29) is 23.7 Å². The van der Waals surface area contributed by atoms with Crippen molar-refractivity contribution in [3.05, 3.63) is 64.8 Å². The minimum Gasteiger partial charge on any atom is -0.497 e. The summed E-state index contributed by atoms with van der Waals surface area (Å²) >= 11 is 0. The van der Waals surface area contributed by atoms with E-state index in [9.17, 15) is 14.7 Å². The number of fused-ring (bicyclic) bond motifs is 1. The van der Waals surface area contributed by atoms with Crippen LogP contribution in [-0.2, 0) is 11.2 Å². The first-order chi connectivity index (χ1) is 15.5. The van der Waals surface area contributed by atoms with Crippen molar-refractivity contribution in [2.75, 3.05) is 40.5 Å². The number of likely N-dealkylation sites (tertiary alicyclic amines) is 1. The van der Waals surface area contributed by atoms with Crippen molar-refractivity contribution in [2.45, 2.75) is 18.8 Å². The normalized spacial score (nSPS) is 16.5. The molecule has 0 saturated carbocycles. The third kappa shape index (κ3) is 4.40. The zero-order valence-electron chi connectivity index (χ0n) is 18.4. The Morgan fingerprint density at radius 1 is 1.19 bits per heavy atom. The maximum absolute atomic E-state index is 13.6. The highest BCUT2D eigenvalue weighted by Crippen LogP contribution is 2.36. The summed E-state index contributed by atoms with van der Waals surface area (Å²) in [7, 11) is 3.28. The van der Waals surface area contributed by atoms with Crippen LogP contribution in [0.5, 0.6) is 5.75 Å². The standard InChI is InChI=1S/C25H28N2O5/c1-31-12-11-27-10-9-17(15-27)24-23(21(28)14-16-5-3-6-18(13-16)32-2)22-19(25(29)30)7-4-8-20(22)26-24/h3-8,13,17,26H,9-12,14-15H2,1-2H3,(H,29,30). The fraction of sp³-hybridized carbons (Fsp3) is 0.360. The van der Waals surface area contributed by atoms with Gasteiger partial charge in [-0.15, -0.1) is 0 Å². The molecule has 4 rings (SSSR count). The number of hydrogen-bond donors (Lipinski definition) is 2. The number of carbonyl (C=O) groups is 2. The lowest BCUT2D eigenvalue weighted by Crippen LogP contribution is -2.24. The van der Waals surface area contributed by atoms with Gasteiger partial charge in [-0.1, -0.05) is 18.2 Å². The second-order valence-electron chi connectivity index (χ2n) is 8.18. The van der Waals surface area contributed by atoms with E-state index in [4.69, 9.17) is 9.47 Å². The summed E-state index contributed by atoms with van der Waals surface area (Å²) in [5.41, 5.74) is 2.99. The predicted molar refractivity (Wildman–Crippen MR) is 122 cm³/mol. The molecule has 1 fully saturated rings. The van der Waals surface area contributed by atoms with Crippen molar-refractivity contribution in [2.24, 2.45) is 0 Å². The van der Waals surface area contributed by atoms with Crippen molar-refractivity contribution >= 4 is 22.7 Å². The molecule has 0 aliphatic carbocycles. The molecule has 2 N–H and O–H groups in total. The second kappa shape index (κ2) is 9.54. The van der Waals surface area contributed by atoms with Crippen LogP contribution >= 0.6 is 0 Å². The first-order valence-corrected chi connectivity index (χ1v) is 10.8. The first-order valence-electron chi connectivity index (χ1n) is 10.8. The summed E-state index contributed by atoms with van der Waals surface area (Å²) in [5, 5.41) is 10.3. The van der Waals surface area contributed by atoms with Gasteiger partial charge in [0, 0.05) is 54.7 Å². The molecule has 2 aromatic carbocycles. The lowest BCUT2D eigenvalue weighted by Gasteiger charge is -2.16. The van der Waals surface area contributed by atoms with E-state index in [0.29, 0.717) is 28.8 Å². The molecule has 2 heterocycles. The monoisotopic (exact) mass is 436 g/mol. The average Bonchev–Trinajstić information content (AvgIpc) is 3.42. The number of carbonyl (C=O) groups excluding carboxylic acids is 1. The summed E-state index contributed by atoms with van der Waals surface area (Å²) in [5.74, 6) is -0.316. The van der Waals surface area contributed by atoms with E-state index < -0.39 is 5.97 Å². The summed E-state index contributed by atoms with van der Waals surface area (Å²) < 4.78 is 10.5. The van der Waals surface area contributed by atoms with Crippen LogP contribution in [0, 0.1) is 0 Å². The number of rotatable bonds is 9. The number of aromatic nitrogens is 1. The van der Waals surface area contributed by atoms with Gasteiger partial charge < -0.3 is 24.5 Å². The fourth-order valence-corrected chi connectivity index (χ4v) is 4.59. The predicted octanol–water partition coefficient (Wildman–Crippen LogP) is 3.74. The molecular weight excluding hydrogens is 408 g/mol. The van der Waals surface area contributed by atoms with Crippen molar-refractivity contribution < 1.29 is 24.2 Å². The van der Waals surface area contributed by atoms with E-state index >= 15 is 0 Å². The molecule has 7 nitrogen and oxygen atoms in total. The number of ether oxygens (including phenoxy) is 2. The molecular formula is C25H28N2O5. The zero-order valence-corrected chi connectivity index (χ0v) is 18.4. The molecule has 7 heteroatoms. The van der Waals surface area contributed by atoms with Gasteiger partial charge in [0.1, 0.15) is 5.75 Å². The Hall–Kier alpha value is -3.16. The SMILES string of the molecule is COCCN1CCC(c2[nH]c3cccc(C(=O)O)c3c2C(=O)Cc2cccc(OC)c2)C1. The van der Waals surface area contributed by atoms with Crippen LogP contribution in [0.3, 0.4) is 0 Å². The number of H-pyrrole nitrogens is 1. The molecule has 0 bridgehead atoms. The van der Waals surface area contributed by atoms with Crippen molar-refractivity contribution in [3.8, 4) is 5.75 Å². The first kappa shape index (κ1) is 22.0. The molecule has 168 valence electrons. The fourth-order valence-electron chi connectivity index (χ4n) is 4.59. The Labute approximate surface area is 186 Å². The van der Waals surface area contributed by atoms with Crippen molar-refractivity contribution in [1.29, 1.82) is 0 Å². The smallest absolute Gasteiger partial charge is 0.336 e. The summed E-state index contributed by atoms with van der Waals surface area (Å²) in [4.78, 5) is 31.3. The molecule has 1 saturated heterocycles. The molecule has 0 radical (unpaired) electrons. The number of carboxylic acid groups (broad SMARTS) is 1. The lowest BCUT2D eigenvalue weighted by atomic mass is 9.92. The number of ketones is 1. The van der Waals surface area contributed by atoms with Gasteiger partial charge in [-0.2, -0.15) is 0 Å². The van der Waals surface area contributed by atoms with Gasteiger partial charge in [0.05, 0.1) is 19.3 Å². The van der Waals surface area contributed by atoms with Crippen LogP contribution < -0.4 is 4.74 Å². The number of benzene rings is 2. The zero-order chi connectivity index (χ0) is 22.7. The summed E-state index contributed by atoms with van der Waals surface area (Å²) in [6, 6.07) is 12.5. The van der Waals surface area contributed by atoms with E-state index in [1.807, 2.05) is 30.3 Å². The topological polar surface area (TPSA) is 91.9 Å². The van der Waals surface area contributed by atoms with Crippen molar-refractivity contribution in [3.63, 3.8) is 0 Å². The molecule has 1 aromatic heterocycles. The number of nitrogens with one attached hydrogen (secondary N) is 1. The number of nitrogens with zero attached hydrogens (tertiary/aromatic N) is 1. The van der Waals surface area contributed by atoms with Crippen molar-refractivity contribution in [1.82, 2.24) is 9.88 Å². The number of hydrogen-bond acceptors (Lipinski definition) is 5. The Balaban J connectivity index is 1.75. The van der Waals surface area contributed by atoms with Gasteiger partial charge in [0.15, 0.2) is 5.78 Å². The third-order valence-corrected chi connectivity index (χ3v) is 6.15. The number of Topliss-reactive ketones (excluding diaryl/α,β-unsaturated/α-hetero) is 1. The van der Waals surface area contributed by atoms with E-state index in [0.717, 1.165) is 37.3 Å². The highest BCUT2D eigenvalue weighted by Gasteiger charge is 2.31. The highest BCUT2D eigenvalue weighted by atomic mass is 16.5. The Bertz CT molecular complexity index is 1140. The third-order valence-electron chi connectivity index (χ3n) is 6.15. The number of carboxylic acids is 1. The largest absolute Gasteiger partial charge is 0.497 e. The van der Waals surface area contributed by atoms with Crippen LogP contribution in [0.1, 0.15) is 44.3 Å². The van der Waals surface area contributed by atoms with Crippen LogP contribution in [0.4, 0.5) is 0 Å². The van der Waals surface area contributed by atoms with Gasteiger partial charge >= 0.3 is 5.97 Å². The molecule has 1 aliphatic heterocycles. The molecule has 1 atom stereocenters. The van der Waals surface area contributed by atoms with Crippen LogP contribution in [0.2, 0.25) is 0 Å². The number of methoxy groups -OCH3 is 2. The molecule has 32 heavy (non-hydrogen) atoms. The summed E-state index contributed by atoms with van der Waals surface area (Å²) in [6.45, 7) is 3.21. The van der Waals surface area contributed by atoms with E-state index in [2.05, 4.69) is 9.88 Å². The maximum Gasteiger partial charge on any atom is 0.336 e. The van der Waals surface area contributed by atoms with E-state index in [1.165, 1.54) is 0 Å². The maximum atomic E-state index is 13.6. The molecule has 1 aliphatic rings. The summed E-state index contributed by atoms with van der Waals surface area (Å²) in [6.07, 6.45) is 1.07. The highest BCUT2D eigenvalue weighted by molar-refractivity contribution is 6.16. The molecule has 0 amide bonds. The number of aromatic amines is 1. The lowest BCUT2D eigenvalue weighted by molar-refractivity contribution is 0.0699. The number of aromatic carboxylic acids is 1. The van der Waals surface area contributed by atoms with Gasteiger partial charge in [0.2, 0.25) is 0 Å². The molecule has 0 spiro atoms. The van der Waals surface area contributed by atoms with Gasteiger partial charge in [0.25, 0.3) is 0 Å². The quantitative estimate of drug-likeness (QED) is 0.497. The Morgan fingerprint density at radius 2 is 2.00 bits per heavy atom. The van der Waals surface area contributed by atoms with Gasteiger partial charge in [-0.05, 0) is 42.8 Å². The minimum atomic E-state index is -1.04. The van der Waals surface area contributed by atoms with Crippen LogP contribution in [-0.4, -0.2) is 67.2 Å². The van der Waals surface area contributed by atoms with Crippen LogP contribution in [0.25, 0.3) is 10.9 Å². The molecule has 1 unspecified atom stereocenters. The van der Waals surface area contributed by atoms with Gasteiger partial charge in [-0.25, -0.2) is 4.79 Å². The van der Waals surface area contributed by atoms with E-state index in [1.54, 1.807) is 26.4 Å². The molecule has 3 aromatic rings. The Kier molecular flexibility index (Phi) is 6.58. The van der Waals surface area contributed by atoms with Crippen LogP contribution in [0.15, 0.2) is 42.5 Å². The Morgan fingerprint density at radius 3 is 2.75 bits per heavy atom. The minimum absolute atomic E-state index is 0.0939.